The Labute approximate surface area is 201 Å². The monoisotopic (exact) mass is 542 g/mol. The number of hydrogen-bond acceptors (Lipinski definition) is 4. The van der Waals surface area contributed by atoms with Crippen molar-refractivity contribution in [2.45, 2.75) is 26.5 Å². The molecule has 2 N–H and O–H groups in total. The number of guanidine groups is 1. The van der Waals surface area contributed by atoms with Crippen molar-refractivity contribution in [2.24, 2.45) is 4.99 Å². The van der Waals surface area contributed by atoms with Crippen LogP contribution in [0.3, 0.4) is 0 Å². The highest BCUT2D eigenvalue weighted by Crippen LogP contribution is 2.18. The van der Waals surface area contributed by atoms with Crippen LogP contribution in [-0.4, -0.2) is 51.5 Å². The lowest BCUT2D eigenvalue weighted by atomic mass is 10.2. The Morgan fingerprint density at radius 2 is 1.84 bits per heavy atom. The molecular weight excluding hydrogens is 510 g/mol. The van der Waals surface area contributed by atoms with Gasteiger partial charge in [-0.05, 0) is 43.7 Å². The lowest BCUT2D eigenvalue weighted by molar-refractivity contribution is 0.122. The largest absolute Gasteiger partial charge is 0.486 e. The van der Waals surface area contributed by atoms with E-state index in [0.717, 1.165) is 38.4 Å². The van der Waals surface area contributed by atoms with Gasteiger partial charge in [-0.3, -0.25) is 0 Å². The minimum absolute atomic E-state index is 0. The lowest BCUT2D eigenvalue weighted by Crippen LogP contribution is -2.41. The minimum Gasteiger partial charge on any atom is -0.486 e. The van der Waals surface area contributed by atoms with Crippen LogP contribution in [0.25, 0.3) is 0 Å². The minimum atomic E-state index is -0.356. The molecule has 2 aromatic rings. The van der Waals surface area contributed by atoms with Gasteiger partial charge in [-0.1, -0.05) is 24.3 Å². The van der Waals surface area contributed by atoms with E-state index in [1.54, 1.807) is 18.2 Å². The number of para-hydroxylation sites is 1. The van der Waals surface area contributed by atoms with Gasteiger partial charge in [-0.2, -0.15) is 0 Å². The zero-order chi connectivity index (χ0) is 21.2. The zero-order valence-electron chi connectivity index (χ0n) is 18.1. The predicted octanol–water partition coefficient (Wildman–Crippen LogP) is 3.80. The Hall–Kier alpha value is -2.07. The highest BCUT2D eigenvalue weighted by atomic mass is 127. The Morgan fingerprint density at radius 3 is 2.52 bits per heavy atom. The molecule has 1 aliphatic rings. The molecule has 3 rings (SSSR count). The number of ether oxygens (including phenoxy) is 2. The summed E-state index contributed by atoms with van der Waals surface area (Å²) in [7, 11) is 0. The zero-order valence-corrected chi connectivity index (χ0v) is 20.5. The Morgan fingerprint density at radius 1 is 1.13 bits per heavy atom. The molecule has 170 valence electrons. The van der Waals surface area contributed by atoms with Gasteiger partial charge in [0.1, 0.15) is 6.10 Å². The van der Waals surface area contributed by atoms with E-state index in [2.05, 4.69) is 44.8 Å². The number of nitrogens with zero attached hydrogens (tertiary/aromatic N) is 2. The molecule has 0 saturated carbocycles. The van der Waals surface area contributed by atoms with Gasteiger partial charge in [-0.25, -0.2) is 9.38 Å². The molecule has 0 amide bonds. The molecule has 0 aliphatic carbocycles. The van der Waals surface area contributed by atoms with Crippen molar-refractivity contribution in [3.8, 4) is 5.75 Å². The third-order valence-electron chi connectivity index (χ3n) is 4.80. The van der Waals surface area contributed by atoms with E-state index in [1.165, 1.54) is 11.8 Å². The summed E-state index contributed by atoms with van der Waals surface area (Å²) in [5, 5.41) is 6.50. The van der Waals surface area contributed by atoms with E-state index in [4.69, 9.17) is 9.47 Å². The normalized spacial score (nSPS) is 15.1. The van der Waals surface area contributed by atoms with Crippen molar-refractivity contribution in [2.75, 3.05) is 44.3 Å². The molecule has 0 spiro atoms. The molecule has 1 heterocycles. The van der Waals surface area contributed by atoms with Crippen LogP contribution in [0, 0.1) is 5.82 Å². The summed E-state index contributed by atoms with van der Waals surface area (Å²) in [6, 6.07) is 14.9. The third-order valence-corrected chi connectivity index (χ3v) is 4.80. The number of morpholine rings is 1. The van der Waals surface area contributed by atoms with Crippen LogP contribution in [0.2, 0.25) is 0 Å². The van der Waals surface area contributed by atoms with E-state index in [1.807, 2.05) is 13.8 Å². The molecule has 2 aromatic carbocycles. The number of anilines is 1. The summed E-state index contributed by atoms with van der Waals surface area (Å²) in [5.41, 5.74) is 2.36. The summed E-state index contributed by atoms with van der Waals surface area (Å²) in [6.45, 7) is 9.17. The van der Waals surface area contributed by atoms with Crippen LogP contribution < -0.4 is 20.3 Å². The number of hydrogen-bond donors (Lipinski definition) is 2. The third kappa shape index (κ3) is 8.17. The van der Waals surface area contributed by atoms with E-state index >= 15 is 0 Å². The summed E-state index contributed by atoms with van der Waals surface area (Å²) in [4.78, 5) is 6.99. The van der Waals surface area contributed by atoms with Gasteiger partial charge >= 0.3 is 0 Å². The number of aliphatic imine (C=N–C) groups is 1. The average Bonchev–Trinajstić information content (AvgIpc) is 2.78. The second-order valence-corrected chi connectivity index (χ2v) is 7.20. The van der Waals surface area contributed by atoms with Crippen LogP contribution in [0.5, 0.6) is 5.75 Å². The molecule has 0 radical (unpaired) electrons. The van der Waals surface area contributed by atoms with E-state index in [9.17, 15) is 4.39 Å². The molecule has 1 unspecified atom stereocenters. The van der Waals surface area contributed by atoms with E-state index < -0.39 is 0 Å². The molecule has 8 heteroatoms. The van der Waals surface area contributed by atoms with Gasteiger partial charge in [0.2, 0.25) is 0 Å². The van der Waals surface area contributed by atoms with Gasteiger partial charge in [0.05, 0.1) is 26.3 Å². The summed E-state index contributed by atoms with van der Waals surface area (Å²) in [5.74, 6) is 0.610. The summed E-state index contributed by atoms with van der Waals surface area (Å²) < 4.78 is 24.8. The van der Waals surface area contributed by atoms with E-state index in [0.29, 0.717) is 19.0 Å². The molecule has 1 atom stereocenters. The van der Waals surface area contributed by atoms with Crippen molar-refractivity contribution in [1.29, 1.82) is 0 Å². The molecule has 1 saturated heterocycles. The predicted molar refractivity (Wildman–Crippen MR) is 134 cm³/mol. The molecule has 0 aromatic heterocycles. The van der Waals surface area contributed by atoms with Gasteiger partial charge in [0.25, 0.3) is 0 Å². The maximum atomic E-state index is 13.7. The van der Waals surface area contributed by atoms with Gasteiger partial charge in [-0.15, -0.1) is 24.0 Å². The van der Waals surface area contributed by atoms with Gasteiger partial charge < -0.3 is 25.0 Å². The van der Waals surface area contributed by atoms with Gasteiger partial charge in [0.15, 0.2) is 17.5 Å². The fourth-order valence-corrected chi connectivity index (χ4v) is 3.18. The van der Waals surface area contributed by atoms with Gasteiger partial charge in [0, 0.05) is 25.3 Å². The van der Waals surface area contributed by atoms with E-state index in [-0.39, 0.29) is 41.6 Å². The quantitative estimate of drug-likeness (QED) is 0.302. The number of rotatable bonds is 8. The molecule has 1 fully saturated rings. The highest BCUT2D eigenvalue weighted by molar-refractivity contribution is 14.0. The molecular formula is C23H32FIN4O2. The average molecular weight is 542 g/mol. The first kappa shape index (κ1) is 25.2. The van der Waals surface area contributed by atoms with Crippen molar-refractivity contribution in [3.05, 3.63) is 59.9 Å². The topological polar surface area (TPSA) is 58.1 Å². The Bertz CT molecular complexity index is 813. The maximum absolute atomic E-state index is 13.7. The number of nitrogens with one attached hydrogen (secondary N) is 2. The van der Waals surface area contributed by atoms with Crippen LogP contribution in [-0.2, 0) is 11.3 Å². The Balaban J connectivity index is 0.00000341. The Kier molecular flexibility index (Phi) is 10.9. The van der Waals surface area contributed by atoms with Crippen LogP contribution in [0.1, 0.15) is 19.4 Å². The number of benzene rings is 2. The lowest BCUT2D eigenvalue weighted by Gasteiger charge is -2.28. The molecule has 6 nitrogen and oxygen atoms in total. The highest BCUT2D eigenvalue weighted by Gasteiger charge is 2.11. The summed E-state index contributed by atoms with van der Waals surface area (Å²) in [6.07, 6.45) is -0.210. The first-order valence-electron chi connectivity index (χ1n) is 10.5. The first-order chi connectivity index (χ1) is 14.7. The summed E-state index contributed by atoms with van der Waals surface area (Å²) >= 11 is 0. The smallest absolute Gasteiger partial charge is 0.191 e. The maximum Gasteiger partial charge on any atom is 0.191 e. The SMILES string of the molecule is CCNC(=NCc1ccc(N2CCOCC2)cc1)NCC(C)Oc1ccccc1F.I. The number of halogens is 2. The fraction of sp³-hybridized carbons (Fsp3) is 0.435. The van der Waals surface area contributed by atoms with Crippen LogP contribution in [0.4, 0.5) is 10.1 Å². The van der Waals surface area contributed by atoms with Crippen molar-refractivity contribution in [3.63, 3.8) is 0 Å². The van der Waals surface area contributed by atoms with Crippen molar-refractivity contribution in [1.82, 2.24) is 10.6 Å². The second kappa shape index (κ2) is 13.4. The van der Waals surface area contributed by atoms with Crippen molar-refractivity contribution >= 4 is 35.6 Å². The molecule has 1 aliphatic heterocycles. The first-order valence-corrected chi connectivity index (χ1v) is 10.5. The van der Waals surface area contributed by atoms with Crippen LogP contribution >= 0.6 is 24.0 Å². The van der Waals surface area contributed by atoms with Crippen LogP contribution in [0.15, 0.2) is 53.5 Å². The second-order valence-electron chi connectivity index (χ2n) is 7.20. The fourth-order valence-electron chi connectivity index (χ4n) is 3.18. The van der Waals surface area contributed by atoms with Crippen molar-refractivity contribution < 1.29 is 13.9 Å². The molecule has 31 heavy (non-hydrogen) atoms. The standard InChI is InChI=1S/C23H31FN4O2.HI/c1-3-25-23(26-16-18(2)30-22-7-5-4-6-21(22)24)27-17-19-8-10-20(11-9-19)28-12-14-29-15-13-28;/h4-11,18H,3,12-17H2,1-2H3,(H2,25,26,27);1H. The molecule has 0 bridgehead atoms.